The second-order valence-corrected chi connectivity index (χ2v) is 9.70. The van der Waals surface area contributed by atoms with Gasteiger partial charge in [-0.2, -0.15) is 4.52 Å². The van der Waals surface area contributed by atoms with Crippen LogP contribution < -0.4 is 9.47 Å². The molecule has 2 aromatic carbocycles. The lowest BCUT2D eigenvalue weighted by molar-refractivity contribution is 0.105. The number of aromatic nitrogens is 3. The molecule has 0 aliphatic carbocycles. The maximum atomic E-state index is 11.2. The molecule has 8 nitrogen and oxygen atoms in total. The smallest absolute Gasteiger partial charge is 0.230 e. The number of methoxy groups -OCH3 is 1. The van der Waals surface area contributed by atoms with E-state index in [0.717, 1.165) is 43.2 Å². The van der Waals surface area contributed by atoms with E-state index in [1.807, 2.05) is 26.0 Å². The average Bonchev–Trinajstić information content (AvgIpc) is 3.38. The molecule has 0 radical (unpaired) electrons. The molecule has 1 fully saturated rings. The van der Waals surface area contributed by atoms with Crippen molar-refractivity contribution in [1.29, 1.82) is 0 Å². The number of rotatable bonds is 8. The van der Waals surface area contributed by atoms with Gasteiger partial charge >= 0.3 is 0 Å². The molecule has 0 amide bonds. The largest absolute Gasteiger partial charge is 0.493 e. The van der Waals surface area contributed by atoms with Gasteiger partial charge in [-0.05, 0) is 37.1 Å². The van der Waals surface area contributed by atoms with E-state index in [1.165, 1.54) is 16.9 Å². The molecule has 1 saturated heterocycles. The molecule has 0 saturated carbocycles. The van der Waals surface area contributed by atoms with Gasteiger partial charge in [0, 0.05) is 32.7 Å². The number of benzene rings is 2. The summed E-state index contributed by atoms with van der Waals surface area (Å²) in [6, 6.07) is 16.5. The summed E-state index contributed by atoms with van der Waals surface area (Å²) in [6.07, 6.45) is 0. The molecule has 184 valence electrons. The molecular weight excluding hydrogens is 462 g/mol. The third-order valence-electron chi connectivity index (χ3n) is 6.38. The summed E-state index contributed by atoms with van der Waals surface area (Å²) >= 11 is 1.48. The molecule has 2 aromatic heterocycles. The van der Waals surface area contributed by atoms with Gasteiger partial charge in [-0.15, -0.1) is 5.10 Å². The maximum absolute atomic E-state index is 11.2. The Labute approximate surface area is 209 Å². The topological polar surface area (TPSA) is 75.4 Å². The highest BCUT2D eigenvalue weighted by Crippen LogP contribution is 2.42. The first-order valence-corrected chi connectivity index (χ1v) is 12.7. The van der Waals surface area contributed by atoms with E-state index in [0.29, 0.717) is 28.9 Å². The van der Waals surface area contributed by atoms with Gasteiger partial charge in [-0.3, -0.25) is 9.80 Å². The Morgan fingerprint density at radius 2 is 1.83 bits per heavy atom. The van der Waals surface area contributed by atoms with Crippen molar-refractivity contribution in [3.63, 3.8) is 0 Å². The number of thiazole rings is 1. The molecule has 3 heterocycles. The van der Waals surface area contributed by atoms with Crippen LogP contribution in [0.25, 0.3) is 4.96 Å². The molecule has 35 heavy (non-hydrogen) atoms. The van der Waals surface area contributed by atoms with Crippen molar-refractivity contribution in [2.75, 3.05) is 39.9 Å². The monoisotopic (exact) mass is 493 g/mol. The fourth-order valence-electron chi connectivity index (χ4n) is 4.70. The fourth-order valence-corrected chi connectivity index (χ4v) is 5.87. The number of ether oxygens (including phenoxy) is 2. The summed E-state index contributed by atoms with van der Waals surface area (Å²) in [6.45, 7) is 8.94. The normalized spacial score (nSPS) is 16.0. The number of nitrogens with zero attached hydrogens (tertiary/aromatic N) is 5. The predicted molar refractivity (Wildman–Crippen MR) is 137 cm³/mol. The van der Waals surface area contributed by atoms with Crippen LogP contribution in [0.15, 0.2) is 48.5 Å². The lowest BCUT2D eigenvalue weighted by Gasteiger charge is -2.39. The van der Waals surface area contributed by atoms with Crippen LogP contribution >= 0.6 is 11.3 Å². The minimum absolute atomic E-state index is 0.146. The first-order valence-electron chi connectivity index (χ1n) is 11.9. The average molecular weight is 494 g/mol. The van der Waals surface area contributed by atoms with Crippen LogP contribution in [0, 0.1) is 6.92 Å². The van der Waals surface area contributed by atoms with Gasteiger partial charge in [0.25, 0.3) is 0 Å². The maximum Gasteiger partial charge on any atom is 0.230 e. The summed E-state index contributed by atoms with van der Waals surface area (Å²) in [5.41, 5.74) is 2.37. The van der Waals surface area contributed by atoms with Crippen LogP contribution in [-0.4, -0.2) is 69.4 Å². The molecule has 1 aliphatic heterocycles. The number of aromatic hydroxyl groups is 1. The molecular formula is C26H31N5O3S. The number of hydrogen-bond acceptors (Lipinski definition) is 8. The third-order valence-corrected chi connectivity index (χ3v) is 7.45. The number of piperazine rings is 1. The minimum atomic E-state index is -0.146. The fraction of sp³-hybridized carbons (Fsp3) is 0.385. The standard InChI is InChI=1S/C26H31N5O3S/c1-4-34-21-11-10-20(16-22(21)33-3)23(24-25(32)31-26(35-24)27-18(2)28-31)30-14-12-29(13-15-30)17-19-8-6-5-7-9-19/h5-11,16,23,32H,4,12-15,17H2,1-3H3. The van der Waals surface area contributed by atoms with Crippen molar-refractivity contribution in [1.82, 2.24) is 24.4 Å². The van der Waals surface area contributed by atoms with Crippen molar-refractivity contribution < 1.29 is 14.6 Å². The zero-order valence-electron chi connectivity index (χ0n) is 20.3. The zero-order valence-corrected chi connectivity index (χ0v) is 21.2. The van der Waals surface area contributed by atoms with E-state index < -0.39 is 0 Å². The highest BCUT2D eigenvalue weighted by Gasteiger charge is 2.32. The van der Waals surface area contributed by atoms with Crippen molar-refractivity contribution in [2.45, 2.75) is 26.4 Å². The Hall–Kier alpha value is -3.14. The van der Waals surface area contributed by atoms with Gasteiger partial charge in [0.15, 0.2) is 11.5 Å². The molecule has 4 aromatic rings. The molecule has 1 atom stereocenters. The van der Waals surface area contributed by atoms with Crippen LogP contribution in [0.3, 0.4) is 0 Å². The highest BCUT2D eigenvalue weighted by atomic mass is 32.1. The predicted octanol–water partition coefficient (Wildman–Crippen LogP) is 4.12. The van der Waals surface area contributed by atoms with E-state index in [4.69, 9.17) is 9.47 Å². The number of hydrogen-bond donors (Lipinski definition) is 1. The molecule has 0 bridgehead atoms. The second-order valence-electron chi connectivity index (χ2n) is 8.69. The lowest BCUT2D eigenvalue weighted by Crippen LogP contribution is -2.47. The van der Waals surface area contributed by atoms with Gasteiger partial charge < -0.3 is 14.6 Å². The van der Waals surface area contributed by atoms with E-state index in [9.17, 15) is 5.11 Å². The Bertz CT molecular complexity index is 1280. The number of aryl methyl sites for hydroxylation is 1. The quantitative estimate of drug-likeness (QED) is 0.396. The Balaban J connectivity index is 1.46. The van der Waals surface area contributed by atoms with E-state index in [2.05, 4.69) is 56.3 Å². The van der Waals surface area contributed by atoms with E-state index >= 15 is 0 Å². The molecule has 5 rings (SSSR count). The molecule has 9 heteroatoms. The molecule has 0 spiro atoms. The summed E-state index contributed by atoms with van der Waals surface area (Å²) in [7, 11) is 1.66. The second kappa shape index (κ2) is 10.2. The summed E-state index contributed by atoms with van der Waals surface area (Å²) < 4.78 is 12.9. The minimum Gasteiger partial charge on any atom is -0.493 e. The van der Waals surface area contributed by atoms with Gasteiger partial charge in [0.05, 0.1) is 24.6 Å². The van der Waals surface area contributed by atoms with E-state index in [1.54, 1.807) is 11.6 Å². The van der Waals surface area contributed by atoms with Crippen molar-refractivity contribution >= 4 is 16.3 Å². The molecule has 1 unspecified atom stereocenters. The first-order chi connectivity index (χ1) is 17.1. The third kappa shape index (κ3) is 4.84. The zero-order chi connectivity index (χ0) is 24.4. The van der Waals surface area contributed by atoms with Crippen LogP contribution in [0.2, 0.25) is 0 Å². The SMILES string of the molecule is CCOc1ccc(C(c2sc3nc(C)nn3c2O)N2CCN(Cc3ccccc3)CC2)cc1OC. The van der Waals surface area contributed by atoms with E-state index in [-0.39, 0.29) is 11.9 Å². The summed E-state index contributed by atoms with van der Waals surface area (Å²) in [4.78, 5) is 10.9. The van der Waals surface area contributed by atoms with Crippen LogP contribution in [-0.2, 0) is 6.54 Å². The first kappa shape index (κ1) is 23.6. The Morgan fingerprint density at radius 3 is 2.51 bits per heavy atom. The van der Waals surface area contributed by atoms with Gasteiger partial charge in [-0.25, -0.2) is 4.98 Å². The van der Waals surface area contributed by atoms with Crippen LogP contribution in [0.4, 0.5) is 0 Å². The van der Waals surface area contributed by atoms with Crippen LogP contribution in [0.5, 0.6) is 17.4 Å². The molecule has 1 aliphatic rings. The van der Waals surface area contributed by atoms with Gasteiger partial charge in [0.1, 0.15) is 5.82 Å². The van der Waals surface area contributed by atoms with Crippen molar-refractivity contribution in [2.24, 2.45) is 0 Å². The van der Waals surface area contributed by atoms with Gasteiger partial charge in [0.2, 0.25) is 10.8 Å². The summed E-state index contributed by atoms with van der Waals surface area (Å²) in [5, 5.41) is 15.5. The number of fused-ring (bicyclic) bond motifs is 1. The lowest BCUT2D eigenvalue weighted by atomic mass is 10.0. The van der Waals surface area contributed by atoms with Crippen LogP contribution in [0.1, 0.15) is 34.8 Å². The van der Waals surface area contributed by atoms with Crippen molar-refractivity contribution in [3.05, 3.63) is 70.4 Å². The van der Waals surface area contributed by atoms with Crippen molar-refractivity contribution in [3.8, 4) is 17.4 Å². The molecule has 1 N–H and O–H groups in total. The highest BCUT2D eigenvalue weighted by molar-refractivity contribution is 7.17. The Morgan fingerprint density at radius 1 is 1.06 bits per heavy atom. The Kier molecular flexibility index (Phi) is 6.90. The summed E-state index contributed by atoms with van der Waals surface area (Å²) in [5.74, 6) is 2.20. The van der Waals surface area contributed by atoms with Gasteiger partial charge in [-0.1, -0.05) is 47.7 Å².